The van der Waals surface area contributed by atoms with Crippen molar-refractivity contribution < 1.29 is 14.3 Å². The Kier molecular flexibility index (Phi) is 3.96. The van der Waals surface area contributed by atoms with Gasteiger partial charge in [0.2, 0.25) is 6.79 Å². The van der Waals surface area contributed by atoms with Crippen LogP contribution >= 0.6 is 0 Å². The average Bonchev–Trinajstić information content (AvgIpc) is 3.03. The Balaban J connectivity index is 1.61. The lowest BCUT2D eigenvalue weighted by atomic mass is 10.1. The number of allylic oxidation sites excluding steroid dienone is 1. The smallest absolute Gasteiger partial charge is 0.269 e. The number of fused-ring (bicyclic) bond motifs is 1. The van der Waals surface area contributed by atoms with Gasteiger partial charge in [0, 0.05) is 11.8 Å². The van der Waals surface area contributed by atoms with E-state index in [1.54, 1.807) is 24.4 Å². The second-order valence-corrected chi connectivity index (χ2v) is 4.86. The molecule has 1 aliphatic heterocycles. The number of benzene rings is 2. The minimum absolute atomic E-state index is 0.192. The molecule has 2 aromatic rings. The molecule has 0 aromatic heterocycles. The summed E-state index contributed by atoms with van der Waals surface area (Å²) in [7, 11) is 0. The number of carbonyl (C=O) groups excluding carboxylic acids is 1. The zero-order chi connectivity index (χ0) is 15.4. The summed E-state index contributed by atoms with van der Waals surface area (Å²) in [5.74, 6) is 1.00. The van der Waals surface area contributed by atoms with Crippen molar-refractivity contribution in [2.75, 3.05) is 6.79 Å². The van der Waals surface area contributed by atoms with Gasteiger partial charge in [-0.05, 0) is 36.3 Å². The molecular weight excluding hydrogens is 280 g/mol. The molecule has 1 aliphatic rings. The van der Waals surface area contributed by atoms with Crippen molar-refractivity contribution in [2.24, 2.45) is 0 Å². The van der Waals surface area contributed by atoms with Crippen molar-refractivity contribution in [3.05, 3.63) is 65.9 Å². The number of hydrogen-bond acceptors (Lipinski definition) is 4. The highest BCUT2D eigenvalue weighted by molar-refractivity contribution is 5.94. The van der Waals surface area contributed by atoms with E-state index in [0.29, 0.717) is 17.1 Å². The molecule has 0 radical (unpaired) electrons. The maximum atomic E-state index is 12.1. The van der Waals surface area contributed by atoms with E-state index in [9.17, 15) is 4.79 Å². The molecular formula is C17H16N2O3. The molecule has 0 aliphatic carbocycles. The quantitative estimate of drug-likeness (QED) is 0.852. The standard InChI is InChI=1S/C17H16N2O3/c1-12(13-5-3-2-4-6-13)10-18-19-17(20)14-7-8-15-16(9-14)22-11-21-15/h2-10,18H,11H2,1H3,(H,19,20)/b12-10+. The molecule has 0 spiro atoms. The van der Waals surface area contributed by atoms with Crippen molar-refractivity contribution in [1.82, 2.24) is 10.9 Å². The summed E-state index contributed by atoms with van der Waals surface area (Å²) >= 11 is 0. The van der Waals surface area contributed by atoms with Crippen LogP contribution in [0.2, 0.25) is 0 Å². The summed E-state index contributed by atoms with van der Waals surface area (Å²) in [6.07, 6.45) is 1.75. The Labute approximate surface area is 128 Å². The first-order valence-corrected chi connectivity index (χ1v) is 6.92. The zero-order valence-corrected chi connectivity index (χ0v) is 12.1. The third kappa shape index (κ3) is 3.03. The Hall–Kier alpha value is -2.95. The Bertz CT molecular complexity index is 711. The molecule has 2 N–H and O–H groups in total. The molecule has 2 aromatic carbocycles. The van der Waals surface area contributed by atoms with Crippen LogP contribution in [0.3, 0.4) is 0 Å². The second-order valence-electron chi connectivity index (χ2n) is 4.86. The number of nitrogens with one attached hydrogen (secondary N) is 2. The first-order valence-electron chi connectivity index (χ1n) is 6.92. The van der Waals surface area contributed by atoms with Gasteiger partial charge >= 0.3 is 0 Å². The molecule has 0 bridgehead atoms. The Morgan fingerprint density at radius 2 is 1.82 bits per heavy atom. The fourth-order valence-electron chi connectivity index (χ4n) is 2.10. The van der Waals surface area contributed by atoms with Crippen molar-refractivity contribution in [3.63, 3.8) is 0 Å². The molecule has 0 saturated heterocycles. The predicted molar refractivity (Wildman–Crippen MR) is 83.3 cm³/mol. The van der Waals surface area contributed by atoms with Gasteiger partial charge in [0.15, 0.2) is 11.5 Å². The van der Waals surface area contributed by atoms with Gasteiger partial charge in [0.1, 0.15) is 0 Å². The molecule has 5 heteroatoms. The maximum Gasteiger partial charge on any atom is 0.269 e. The van der Waals surface area contributed by atoms with E-state index in [0.717, 1.165) is 11.1 Å². The van der Waals surface area contributed by atoms with E-state index in [1.165, 1.54) is 0 Å². The third-order valence-corrected chi connectivity index (χ3v) is 3.34. The van der Waals surface area contributed by atoms with Crippen LogP contribution in [0, 0.1) is 0 Å². The lowest BCUT2D eigenvalue weighted by Crippen LogP contribution is -2.33. The number of carbonyl (C=O) groups is 1. The minimum Gasteiger partial charge on any atom is -0.454 e. The normalized spacial score (nSPS) is 12.9. The molecule has 1 heterocycles. The summed E-state index contributed by atoms with van der Waals surface area (Å²) in [5, 5.41) is 0. The lowest BCUT2D eigenvalue weighted by Gasteiger charge is -2.07. The van der Waals surface area contributed by atoms with Crippen LogP contribution in [0.5, 0.6) is 11.5 Å². The fourth-order valence-corrected chi connectivity index (χ4v) is 2.10. The number of amides is 1. The summed E-state index contributed by atoms with van der Waals surface area (Å²) in [6, 6.07) is 15.0. The van der Waals surface area contributed by atoms with Crippen LogP contribution in [0.1, 0.15) is 22.8 Å². The Morgan fingerprint density at radius 3 is 2.64 bits per heavy atom. The molecule has 0 fully saturated rings. The zero-order valence-electron chi connectivity index (χ0n) is 12.1. The van der Waals surface area contributed by atoms with Crippen LogP contribution in [0.25, 0.3) is 5.57 Å². The monoisotopic (exact) mass is 296 g/mol. The van der Waals surface area contributed by atoms with Crippen LogP contribution in [-0.2, 0) is 0 Å². The van der Waals surface area contributed by atoms with E-state index in [1.807, 2.05) is 37.3 Å². The SMILES string of the molecule is C/C(=C\NNC(=O)c1ccc2c(c1)OCO2)c1ccccc1. The highest BCUT2D eigenvalue weighted by Crippen LogP contribution is 2.32. The predicted octanol–water partition coefficient (Wildman–Crippen LogP) is 2.71. The molecule has 3 rings (SSSR count). The van der Waals surface area contributed by atoms with Crippen LogP contribution in [0.4, 0.5) is 0 Å². The van der Waals surface area contributed by atoms with Gasteiger partial charge in [0.05, 0.1) is 0 Å². The molecule has 0 atom stereocenters. The van der Waals surface area contributed by atoms with E-state index in [4.69, 9.17) is 9.47 Å². The van der Waals surface area contributed by atoms with Gasteiger partial charge in [-0.2, -0.15) is 0 Å². The van der Waals surface area contributed by atoms with Gasteiger partial charge in [-0.15, -0.1) is 0 Å². The number of ether oxygens (including phenoxy) is 2. The first-order chi connectivity index (χ1) is 10.7. The van der Waals surface area contributed by atoms with Gasteiger partial charge in [-0.25, -0.2) is 0 Å². The van der Waals surface area contributed by atoms with E-state index in [-0.39, 0.29) is 12.7 Å². The van der Waals surface area contributed by atoms with Gasteiger partial charge < -0.3 is 14.9 Å². The minimum atomic E-state index is -0.240. The van der Waals surface area contributed by atoms with Crippen molar-refractivity contribution in [2.45, 2.75) is 6.92 Å². The largest absolute Gasteiger partial charge is 0.454 e. The fraction of sp³-hybridized carbons (Fsp3) is 0.118. The number of rotatable bonds is 4. The highest BCUT2D eigenvalue weighted by Gasteiger charge is 2.15. The third-order valence-electron chi connectivity index (χ3n) is 3.34. The van der Waals surface area contributed by atoms with Crippen LogP contribution in [0.15, 0.2) is 54.7 Å². The summed E-state index contributed by atoms with van der Waals surface area (Å²) in [4.78, 5) is 12.1. The number of hydrazine groups is 1. The van der Waals surface area contributed by atoms with Crippen molar-refractivity contribution in [3.8, 4) is 11.5 Å². The summed E-state index contributed by atoms with van der Waals surface area (Å²) in [6.45, 7) is 2.16. The molecule has 0 saturated carbocycles. The summed E-state index contributed by atoms with van der Waals surface area (Å²) in [5.41, 5.74) is 8.06. The first kappa shape index (κ1) is 14.0. The van der Waals surface area contributed by atoms with Gasteiger partial charge in [0.25, 0.3) is 5.91 Å². The van der Waals surface area contributed by atoms with E-state index in [2.05, 4.69) is 10.9 Å². The number of hydrogen-bond donors (Lipinski definition) is 2. The molecule has 1 amide bonds. The highest BCUT2D eigenvalue weighted by atomic mass is 16.7. The Morgan fingerprint density at radius 1 is 1.05 bits per heavy atom. The van der Waals surface area contributed by atoms with Crippen molar-refractivity contribution in [1.29, 1.82) is 0 Å². The molecule has 5 nitrogen and oxygen atoms in total. The molecule has 112 valence electrons. The molecule has 22 heavy (non-hydrogen) atoms. The van der Waals surface area contributed by atoms with Crippen LogP contribution < -0.4 is 20.3 Å². The second kappa shape index (κ2) is 6.22. The average molecular weight is 296 g/mol. The summed E-state index contributed by atoms with van der Waals surface area (Å²) < 4.78 is 10.5. The van der Waals surface area contributed by atoms with E-state index < -0.39 is 0 Å². The van der Waals surface area contributed by atoms with Gasteiger partial charge in [-0.3, -0.25) is 10.2 Å². The maximum absolute atomic E-state index is 12.1. The van der Waals surface area contributed by atoms with E-state index >= 15 is 0 Å². The topological polar surface area (TPSA) is 59.6 Å². The van der Waals surface area contributed by atoms with Crippen molar-refractivity contribution >= 4 is 11.5 Å². The molecule has 0 unspecified atom stereocenters. The van der Waals surface area contributed by atoms with Gasteiger partial charge in [-0.1, -0.05) is 30.3 Å². The lowest BCUT2D eigenvalue weighted by molar-refractivity contribution is 0.0940. The van der Waals surface area contributed by atoms with Crippen LogP contribution in [-0.4, -0.2) is 12.7 Å².